The van der Waals surface area contributed by atoms with Gasteiger partial charge in [-0.1, -0.05) is 17.7 Å². The number of nitrogens with zero attached hydrogens (tertiary/aromatic N) is 4. The Morgan fingerprint density at radius 1 is 1.12 bits per heavy atom. The van der Waals surface area contributed by atoms with Crippen LogP contribution in [0.25, 0.3) is 16.9 Å². The summed E-state index contributed by atoms with van der Waals surface area (Å²) in [4.78, 5) is 38.5. The van der Waals surface area contributed by atoms with Crippen molar-refractivity contribution in [1.82, 2.24) is 29.7 Å². The molecule has 4 rings (SSSR count). The van der Waals surface area contributed by atoms with Gasteiger partial charge in [-0.05, 0) is 26.2 Å². The van der Waals surface area contributed by atoms with Crippen LogP contribution in [0.1, 0.15) is 11.4 Å². The molecule has 0 aliphatic carbocycles. The molecule has 212 valence electrons. The molecule has 0 radical (unpaired) electrons. The molecule has 2 aromatic carbocycles. The van der Waals surface area contributed by atoms with Crippen LogP contribution in [0.15, 0.2) is 35.1 Å². The van der Waals surface area contributed by atoms with Gasteiger partial charge in [0.15, 0.2) is 23.8 Å². The van der Waals surface area contributed by atoms with Gasteiger partial charge < -0.3 is 29.2 Å². The Morgan fingerprint density at radius 2 is 1.88 bits per heavy atom. The number of carbonyl (C=O) groups excluding carboxylic acids is 1. The van der Waals surface area contributed by atoms with Crippen LogP contribution in [-0.4, -0.2) is 72.3 Å². The van der Waals surface area contributed by atoms with Gasteiger partial charge in [-0.15, -0.1) is 0 Å². The molecule has 0 spiro atoms. The van der Waals surface area contributed by atoms with Gasteiger partial charge in [0.25, 0.3) is 5.91 Å². The molecule has 40 heavy (non-hydrogen) atoms. The van der Waals surface area contributed by atoms with Crippen LogP contribution in [0, 0.1) is 5.82 Å². The number of imidazole rings is 1. The van der Waals surface area contributed by atoms with E-state index >= 15 is 0 Å². The Morgan fingerprint density at radius 3 is 2.55 bits per heavy atom. The first-order chi connectivity index (χ1) is 19.2. The summed E-state index contributed by atoms with van der Waals surface area (Å²) in [6.07, 6.45) is 0. The first-order valence-electron chi connectivity index (χ1n) is 12.0. The molecule has 0 saturated heterocycles. The quantitative estimate of drug-likeness (QED) is 0.277. The van der Waals surface area contributed by atoms with E-state index in [2.05, 4.69) is 20.3 Å². The highest BCUT2D eigenvalue weighted by Gasteiger charge is 2.22. The number of aromatic nitrogens is 4. The van der Waals surface area contributed by atoms with E-state index in [1.807, 2.05) is 19.0 Å². The molecule has 0 atom stereocenters. The second-order valence-electron chi connectivity index (χ2n) is 8.77. The van der Waals surface area contributed by atoms with Crippen LogP contribution >= 0.6 is 11.6 Å². The average molecular weight is 575 g/mol. The highest BCUT2D eigenvalue weighted by Crippen LogP contribution is 2.37. The fourth-order valence-corrected chi connectivity index (χ4v) is 4.12. The van der Waals surface area contributed by atoms with Crippen molar-refractivity contribution < 1.29 is 28.1 Å². The molecule has 2 aromatic heterocycles. The molecule has 12 nitrogen and oxygen atoms in total. The maximum atomic E-state index is 14.6. The molecular weight excluding hydrogens is 547 g/mol. The van der Waals surface area contributed by atoms with E-state index in [4.69, 9.17) is 30.5 Å². The van der Waals surface area contributed by atoms with Crippen molar-refractivity contribution in [3.8, 4) is 28.8 Å². The Balaban J connectivity index is 1.85. The minimum atomic E-state index is -0.563. The van der Waals surface area contributed by atoms with E-state index in [-0.39, 0.29) is 63.8 Å². The van der Waals surface area contributed by atoms with Crippen LogP contribution in [0.3, 0.4) is 0 Å². The molecule has 0 saturated carbocycles. The summed E-state index contributed by atoms with van der Waals surface area (Å²) in [7, 11) is 8.03. The monoisotopic (exact) mass is 574 g/mol. The molecule has 1 amide bonds. The van der Waals surface area contributed by atoms with Crippen molar-refractivity contribution in [1.29, 1.82) is 0 Å². The second-order valence-corrected chi connectivity index (χ2v) is 9.18. The van der Waals surface area contributed by atoms with Gasteiger partial charge in [-0.25, -0.2) is 18.7 Å². The number of halogens is 2. The van der Waals surface area contributed by atoms with Crippen molar-refractivity contribution in [2.75, 3.05) is 42.0 Å². The van der Waals surface area contributed by atoms with Gasteiger partial charge in [0, 0.05) is 19.2 Å². The number of hydrogen-bond acceptors (Lipinski definition) is 9. The van der Waals surface area contributed by atoms with E-state index in [0.717, 1.165) is 0 Å². The molecule has 0 aliphatic heterocycles. The number of hydrogen-bond donors (Lipinski definition) is 2. The lowest BCUT2D eigenvalue weighted by Crippen LogP contribution is -2.25. The smallest absolute Gasteiger partial charge is 0.332 e. The molecule has 0 aliphatic rings. The summed E-state index contributed by atoms with van der Waals surface area (Å²) in [6.45, 7) is -0.208. The summed E-state index contributed by atoms with van der Waals surface area (Å²) >= 11 is 6.63. The summed E-state index contributed by atoms with van der Waals surface area (Å²) in [5.74, 6) is 0.130. The maximum Gasteiger partial charge on any atom is 0.332 e. The molecule has 14 heteroatoms. The number of methoxy groups -OCH3 is 2. The number of carbonyl (C=O) groups is 1. The molecule has 0 fully saturated rings. The first-order valence-corrected chi connectivity index (χ1v) is 12.4. The predicted octanol–water partition coefficient (Wildman–Crippen LogP) is 2.68. The summed E-state index contributed by atoms with van der Waals surface area (Å²) in [5, 5.41) is 2.55. The van der Waals surface area contributed by atoms with Crippen molar-refractivity contribution in [2.45, 2.75) is 13.2 Å². The number of benzene rings is 2. The minimum Gasteiger partial charge on any atom is -0.496 e. The zero-order valence-corrected chi connectivity index (χ0v) is 23.3. The number of aromatic amines is 1. The van der Waals surface area contributed by atoms with Gasteiger partial charge in [-0.3, -0.25) is 9.78 Å². The number of likely N-dealkylation sites (N-methyl/N-ethyl adjacent to an activating group) is 1. The van der Waals surface area contributed by atoms with Crippen LogP contribution in [0.5, 0.6) is 23.1 Å². The lowest BCUT2D eigenvalue weighted by atomic mass is 10.2. The van der Waals surface area contributed by atoms with Gasteiger partial charge in [-0.2, -0.15) is 4.98 Å². The topological polar surface area (TPSA) is 133 Å². The zero-order chi connectivity index (χ0) is 29.0. The zero-order valence-electron chi connectivity index (χ0n) is 22.5. The first kappa shape index (κ1) is 28.6. The van der Waals surface area contributed by atoms with Crippen LogP contribution < -0.4 is 30.0 Å². The van der Waals surface area contributed by atoms with Gasteiger partial charge in [0.2, 0.25) is 5.88 Å². The summed E-state index contributed by atoms with van der Waals surface area (Å²) in [5.41, 5.74) is 0.277. The van der Waals surface area contributed by atoms with E-state index in [9.17, 15) is 14.0 Å². The van der Waals surface area contributed by atoms with Crippen molar-refractivity contribution in [3.05, 3.63) is 63.0 Å². The van der Waals surface area contributed by atoms with E-state index in [1.54, 1.807) is 6.07 Å². The molecule has 4 aromatic rings. The molecule has 0 unspecified atom stereocenters. The Bertz CT molecular complexity index is 1610. The van der Waals surface area contributed by atoms with Crippen LogP contribution in [-0.2, 0) is 17.9 Å². The Hall–Kier alpha value is -4.36. The largest absolute Gasteiger partial charge is 0.496 e. The standard InChI is InChI=1S/C26H28ClFN6O6/c1-29-22(35)13-40-19-9-15(27)17(10-20(19)39-12-14-16(28)7-6-8-18(14)37-4)34-24-23(32-26(34)36)25(38-5)31-21(30-24)11-33(2)3/h6-10H,11-13H2,1-5H3,(H,29,35)(H,32,36). The Kier molecular flexibility index (Phi) is 8.75. The summed E-state index contributed by atoms with van der Waals surface area (Å²) in [6, 6.07) is 7.24. The normalized spacial score (nSPS) is 11.1. The SMILES string of the molecule is CNC(=O)COc1cc(Cl)c(-n2c(=O)[nH]c3c(OC)nc(CN(C)C)nc32)cc1OCc1c(F)cccc1OC. The number of rotatable bonds is 11. The third-order valence-electron chi connectivity index (χ3n) is 5.76. The third kappa shape index (κ3) is 5.95. The lowest BCUT2D eigenvalue weighted by Gasteiger charge is -2.17. The number of fused-ring (bicyclic) bond motifs is 1. The maximum absolute atomic E-state index is 14.6. The predicted molar refractivity (Wildman–Crippen MR) is 145 cm³/mol. The number of nitrogens with one attached hydrogen (secondary N) is 2. The van der Waals surface area contributed by atoms with Crippen molar-refractivity contribution in [2.24, 2.45) is 0 Å². The fourth-order valence-electron chi connectivity index (χ4n) is 3.88. The van der Waals surface area contributed by atoms with Crippen molar-refractivity contribution in [3.63, 3.8) is 0 Å². The minimum absolute atomic E-state index is 0.0874. The molecule has 0 bridgehead atoms. The molecule has 2 heterocycles. The number of H-pyrrole nitrogens is 1. The van der Waals surface area contributed by atoms with E-state index in [0.29, 0.717) is 12.4 Å². The Labute approximate surface area is 233 Å². The van der Waals surface area contributed by atoms with Gasteiger partial charge >= 0.3 is 5.69 Å². The number of ether oxygens (including phenoxy) is 4. The van der Waals surface area contributed by atoms with Crippen LogP contribution in [0.4, 0.5) is 4.39 Å². The number of amides is 1. The van der Waals surface area contributed by atoms with Crippen LogP contribution in [0.2, 0.25) is 5.02 Å². The highest BCUT2D eigenvalue weighted by atomic mass is 35.5. The fraction of sp³-hybridized carbons (Fsp3) is 0.308. The highest BCUT2D eigenvalue weighted by molar-refractivity contribution is 6.32. The molecular formula is C26H28ClFN6O6. The summed E-state index contributed by atoms with van der Waals surface area (Å²) < 4.78 is 38.1. The lowest BCUT2D eigenvalue weighted by molar-refractivity contribution is -0.122. The van der Waals surface area contributed by atoms with E-state index in [1.165, 1.54) is 50.1 Å². The average Bonchev–Trinajstić information content (AvgIpc) is 3.25. The van der Waals surface area contributed by atoms with Gasteiger partial charge in [0.1, 0.15) is 29.5 Å². The van der Waals surface area contributed by atoms with Gasteiger partial charge in [0.05, 0.1) is 37.0 Å². The third-order valence-corrected chi connectivity index (χ3v) is 6.06. The molecule has 2 N–H and O–H groups in total. The second kappa shape index (κ2) is 12.2. The van der Waals surface area contributed by atoms with Crippen molar-refractivity contribution >= 4 is 28.7 Å². The van der Waals surface area contributed by atoms with E-state index < -0.39 is 17.4 Å².